The highest BCUT2D eigenvalue weighted by Crippen LogP contribution is 2.61. The highest BCUT2D eigenvalue weighted by molar-refractivity contribution is 7.67. The second-order valence-electron chi connectivity index (χ2n) is 7.38. The van der Waals surface area contributed by atoms with Gasteiger partial charge < -0.3 is 14.5 Å². The van der Waals surface area contributed by atoms with Crippen molar-refractivity contribution >= 4 is 41.6 Å². The van der Waals surface area contributed by atoms with Crippen LogP contribution in [-0.4, -0.2) is 25.3 Å². The lowest BCUT2D eigenvalue weighted by atomic mass is 9.98. The summed E-state index contributed by atoms with van der Waals surface area (Å²) in [5.74, 6) is -1.43. The molecule has 0 spiro atoms. The van der Waals surface area contributed by atoms with Crippen LogP contribution in [0.25, 0.3) is 0 Å². The number of aliphatic hydroxyl groups excluding tert-OH is 1. The summed E-state index contributed by atoms with van der Waals surface area (Å²) in [7, 11) is 0.183. The Labute approximate surface area is 176 Å². The molecule has 4 nitrogen and oxygen atoms in total. The molecule has 152 valence electrons. The minimum atomic E-state index is -3.69. The molecule has 1 saturated carbocycles. The number of rotatable bonds is 6. The first-order valence-electron chi connectivity index (χ1n) is 9.51. The van der Waals surface area contributed by atoms with Crippen LogP contribution in [0.4, 0.5) is 5.69 Å². The average Bonchev–Trinajstić information content (AvgIpc) is 2.68. The summed E-state index contributed by atoms with van der Waals surface area (Å²) >= 11 is 12.6. The molecule has 3 rings (SSSR count). The van der Waals surface area contributed by atoms with E-state index >= 15 is 0 Å². The third-order valence-electron chi connectivity index (χ3n) is 5.16. The lowest BCUT2D eigenvalue weighted by Crippen LogP contribution is -2.23. The molecule has 0 radical (unpaired) electrons. The number of anilines is 1. The van der Waals surface area contributed by atoms with Gasteiger partial charge in [-0.1, -0.05) is 48.5 Å². The number of hydrogen-bond acceptors (Lipinski definition) is 4. The Morgan fingerprint density at radius 3 is 2.14 bits per heavy atom. The van der Waals surface area contributed by atoms with Gasteiger partial charge in [0.2, 0.25) is 0 Å². The van der Waals surface area contributed by atoms with Crippen molar-refractivity contribution in [2.24, 2.45) is 0 Å². The van der Waals surface area contributed by atoms with Crippen molar-refractivity contribution in [1.29, 1.82) is 0 Å². The Kier molecular flexibility index (Phi) is 7.12. The maximum Gasteiger partial charge on any atom is 0.264 e. The maximum atomic E-state index is 14.2. The molecule has 0 bridgehead atoms. The minimum absolute atomic E-state index is 0.149. The fraction of sp³-hybridized carbons (Fsp3) is 0.429. The van der Waals surface area contributed by atoms with E-state index in [1.54, 1.807) is 30.3 Å². The van der Waals surface area contributed by atoms with Crippen molar-refractivity contribution in [3.8, 4) is 0 Å². The van der Waals surface area contributed by atoms with Crippen molar-refractivity contribution in [1.82, 2.24) is 0 Å². The van der Waals surface area contributed by atoms with E-state index in [1.807, 2.05) is 31.1 Å². The van der Waals surface area contributed by atoms with Crippen LogP contribution in [0.2, 0.25) is 10.0 Å². The fourth-order valence-electron chi connectivity index (χ4n) is 3.54. The molecule has 2 aromatic carbocycles. The molecular formula is C21H26Cl2NO3P. The molecule has 1 fully saturated rings. The van der Waals surface area contributed by atoms with E-state index in [2.05, 4.69) is 0 Å². The predicted molar refractivity (Wildman–Crippen MR) is 117 cm³/mol. The molecule has 1 aliphatic carbocycles. The quantitative estimate of drug-likeness (QED) is 0.558. The largest absolute Gasteiger partial charge is 0.378 e. The molecule has 1 aliphatic rings. The Balaban J connectivity index is 2.04. The second-order valence-corrected chi connectivity index (χ2v) is 10.6. The minimum Gasteiger partial charge on any atom is -0.378 e. The van der Waals surface area contributed by atoms with Crippen LogP contribution in [0, 0.1) is 0 Å². The number of aliphatic hydroxyl groups is 1. The van der Waals surface area contributed by atoms with Crippen LogP contribution in [0.1, 0.15) is 43.5 Å². The van der Waals surface area contributed by atoms with Crippen molar-refractivity contribution in [2.75, 3.05) is 19.0 Å². The lowest BCUT2D eigenvalue weighted by Gasteiger charge is -2.31. The summed E-state index contributed by atoms with van der Waals surface area (Å²) in [6, 6.07) is 12.2. The third kappa shape index (κ3) is 4.58. The average molecular weight is 442 g/mol. The summed E-state index contributed by atoms with van der Waals surface area (Å²) < 4.78 is 20.3. The first kappa shape index (κ1) is 21.7. The van der Waals surface area contributed by atoms with E-state index in [-0.39, 0.29) is 21.7 Å². The third-order valence-corrected chi connectivity index (χ3v) is 8.35. The van der Waals surface area contributed by atoms with Crippen LogP contribution in [-0.2, 0) is 9.09 Å². The molecule has 0 aliphatic heterocycles. The molecular weight excluding hydrogens is 416 g/mol. The van der Waals surface area contributed by atoms with E-state index in [9.17, 15) is 9.67 Å². The topological polar surface area (TPSA) is 49.8 Å². The molecule has 0 saturated heterocycles. The lowest BCUT2D eigenvalue weighted by molar-refractivity contribution is 0.137. The number of benzene rings is 2. The van der Waals surface area contributed by atoms with E-state index in [4.69, 9.17) is 27.7 Å². The van der Waals surface area contributed by atoms with Gasteiger partial charge in [-0.3, -0.25) is 4.57 Å². The molecule has 0 unspecified atom stereocenters. The van der Waals surface area contributed by atoms with Gasteiger partial charge in [-0.25, -0.2) is 0 Å². The first-order chi connectivity index (χ1) is 13.3. The van der Waals surface area contributed by atoms with Gasteiger partial charge in [0.15, 0.2) is 5.85 Å². The molecule has 2 aromatic rings. The zero-order valence-electron chi connectivity index (χ0n) is 16.1. The SMILES string of the molecule is CN(C)c1ccc([P@@](=O)(OC2CCCCC2)[C@@H](O)c2c(Cl)cccc2Cl)cc1. The number of halogens is 2. The van der Waals surface area contributed by atoms with Crippen molar-refractivity contribution < 1.29 is 14.2 Å². The highest BCUT2D eigenvalue weighted by Gasteiger charge is 2.40. The fourth-order valence-corrected chi connectivity index (χ4v) is 6.65. The summed E-state index contributed by atoms with van der Waals surface area (Å²) in [5, 5.41) is 12.2. The van der Waals surface area contributed by atoms with Gasteiger partial charge in [0, 0.05) is 40.7 Å². The van der Waals surface area contributed by atoms with Crippen molar-refractivity contribution in [2.45, 2.75) is 44.1 Å². The van der Waals surface area contributed by atoms with Gasteiger partial charge in [-0.15, -0.1) is 0 Å². The summed E-state index contributed by atoms with van der Waals surface area (Å²) in [4.78, 5) is 1.96. The molecule has 1 N–H and O–H groups in total. The van der Waals surface area contributed by atoms with Crippen LogP contribution < -0.4 is 10.2 Å². The van der Waals surface area contributed by atoms with E-state index in [0.717, 1.165) is 37.8 Å². The Hall–Kier alpha value is -1.03. The standard InChI is InChI=1S/C21H26Cl2NO3P/c1-24(2)15-11-13-17(14-12-15)28(26,27-16-7-4-3-5-8-16)21(25)20-18(22)9-6-10-19(20)23/h6,9-14,16,21,25H,3-5,7-8H2,1-2H3/t21-,28-/m1/s1. The summed E-state index contributed by atoms with van der Waals surface area (Å²) in [6.07, 6.45) is 4.75. The van der Waals surface area contributed by atoms with Gasteiger partial charge >= 0.3 is 0 Å². The normalized spacial score (nSPS) is 18.5. The van der Waals surface area contributed by atoms with Crippen molar-refractivity contribution in [3.05, 3.63) is 58.1 Å². The number of nitrogens with zero attached hydrogens (tertiary/aromatic N) is 1. The first-order valence-corrected chi connectivity index (χ1v) is 12.0. The molecule has 0 amide bonds. The Morgan fingerprint density at radius 1 is 1.04 bits per heavy atom. The smallest absolute Gasteiger partial charge is 0.264 e. The van der Waals surface area contributed by atoms with Gasteiger partial charge in [0.05, 0.1) is 6.10 Å². The number of hydrogen-bond donors (Lipinski definition) is 1. The predicted octanol–water partition coefficient (Wildman–Crippen LogP) is 6.00. The molecule has 7 heteroatoms. The maximum absolute atomic E-state index is 14.2. The Bertz CT molecular complexity index is 831. The van der Waals surface area contributed by atoms with Crippen molar-refractivity contribution in [3.63, 3.8) is 0 Å². The van der Waals surface area contributed by atoms with Gasteiger partial charge in [-0.2, -0.15) is 0 Å². The van der Waals surface area contributed by atoms with Crippen LogP contribution >= 0.6 is 30.6 Å². The highest BCUT2D eigenvalue weighted by atomic mass is 35.5. The van der Waals surface area contributed by atoms with Crippen LogP contribution in [0.5, 0.6) is 0 Å². The molecule has 28 heavy (non-hydrogen) atoms. The summed E-state index contributed by atoms with van der Waals surface area (Å²) in [5.41, 5.74) is 1.22. The zero-order valence-corrected chi connectivity index (χ0v) is 18.6. The van der Waals surface area contributed by atoms with Crippen LogP contribution in [0.15, 0.2) is 42.5 Å². The second kappa shape index (κ2) is 9.19. The van der Waals surface area contributed by atoms with E-state index in [0.29, 0.717) is 5.30 Å². The van der Waals surface area contributed by atoms with Crippen LogP contribution in [0.3, 0.4) is 0 Å². The molecule has 2 atom stereocenters. The Morgan fingerprint density at radius 2 is 1.61 bits per heavy atom. The van der Waals surface area contributed by atoms with Gasteiger partial charge in [0.25, 0.3) is 7.37 Å². The van der Waals surface area contributed by atoms with E-state index < -0.39 is 13.2 Å². The molecule has 0 aromatic heterocycles. The summed E-state index contributed by atoms with van der Waals surface area (Å²) in [6.45, 7) is 0. The monoisotopic (exact) mass is 441 g/mol. The van der Waals surface area contributed by atoms with Gasteiger partial charge in [0.1, 0.15) is 0 Å². The molecule has 0 heterocycles. The van der Waals surface area contributed by atoms with E-state index in [1.165, 1.54) is 0 Å². The van der Waals surface area contributed by atoms with Gasteiger partial charge in [-0.05, 0) is 49.2 Å². The zero-order chi connectivity index (χ0) is 20.3.